The Hall–Kier alpha value is -0.560. The fourth-order valence-corrected chi connectivity index (χ4v) is 1.21. The van der Waals surface area contributed by atoms with Crippen LogP contribution >= 0.6 is 0 Å². The normalized spacial score (nSPS) is 10.3. The zero-order valence-corrected chi connectivity index (χ0v) is 11.7. The molecular weight excluding hydrogens is 182 g/mol. The van der Waals surface area contributed by atoms with Gasteiger partial charge in [0.15, 0.2) is 0 Å². The van der Waals surface area contributed by atoms with E-state index in [-0.39, 0.29) is 0 Å². The Bertz CT molecular complexity index is 111. The third kappa shape index (κ3) is 31.8. The van der Waals surface area contributed by atoms with Crippen LogP contribution in [0, 0.1) is 5.92 Å². The van der Waals surface area contributed by atoms with Crippen molar-refractivity contribution in [2.75, 3.05) is 20.6 Å². The molecule has 15 heavy (non-hydrogen) atoms. The zero-order chi connectivity index (χ0) is 12.7. The van der Waals surface area contributed by atoms with Crippen LogP contribution in [0.1, 0.15) is 40.5 Å². The minimum atomic E-state index is 0.866. The molecule has 0 aliphatic carbocycles. The average molecular weight is 213 g/mol. The molecule has 0 aromatic rings. The van der Waals surface area contributed by atoms with Gasteiger partial charge in [-0.1, -0.05) is 59.4 Å². The lowest BCUT2D eigenvalue weighted by Gasteiger charge is -2.15. The third-order valence-electron chi connectivity index (χ3n) is 1.62. The summed E-state index contributed by atoms with van der Waals surface area (Å²) in [7, 11) is 4.26. The maximum absolute atomic E-state index is 3.36. The smallest absolute Gasteiger partial charge is 0.0000918 e. The Labute approximate surface area is 97.9 Å². The van der Waals surface area contributed by atoms with E-state index in [9.17, 15) is 0 Å². The molecule has 0 amide bonds. The van der Waals surface area contributed by atoms with Crippen molar-refractivity contribution in [1.29, 1.82) is 0 Å². The van der Waals surface area contributed by atoms with Crippen molar-refractivity contribution in [1.82, 2.24) is 4.90 Å². The van der Waals surface area contributed by atoms with Gasteiger partial charge in [-0.05, 0) is 26.4 Å². The van der Waals surface area contributed by atoms with Gasteiger partial charge in [-0.15, -0.1) is 0 Å². The predicted molar refractivity (Wildman–Crippen MR) is 74.4 cm³/mol. The second-order valence-corrected chi connectivity index (χ2v) is 3.63. The first-order valence-corrected chi connectivity index (χ1v) is 5.96. The minimum absolute atomic E-state index is 0.866. The Morgan fingerprint density at radius 1 is 1.13 bits per heavy atom. The lowest BCUT2D eigenvalue weighted by molar-refractivity contribution is 0.326. The molecule has 0 radical (unpaired) electrons. The van der Waals surface area contributed by atoms with Crippen LogP contribution in [-0.2, 0) is 0 Å². The van der Waals surface area contributed by atoms with Crippen molar-refractivity contribution < 1.29 is 0 Å². The Kier molecular flexibility index (Phi) is 25.4. The first kappa shape index (κ1) is 19.9. The second-order valence-electron chi connectivity index (χ2n) is 3.63. The number of rotatable bonds is 5. The van der Waals surface area contributed by atoms with Crippen molar-refractivity contribution >= 4 is 0 Å². The van der Waals surface area contributed by atoms with Crippen LogP contribution in [0.5, 0.6) is 0 Å². The van der Waals surface area contributed by atoms with Gasteiger partial charge >= 0.3 is 0 Å². The highest BCUT2D eigenvalue weighted by Crippen LogP contribution is 2.04. The van der Waals surface area contributed by atoms with E-state index < -0.39 is 0 Å². The molecule has 1 atom stereocenters. The number of hydrogen-bond donors (Lipinski definition) is 0. The summed E-state index contributed by atoms with van der Waals surface area (Å²) in [6.45, 7) is 16.5. The van der Waals surface area contributed by atoms with Crippen LogP contribution in [0.25, 0.3) is 0 Å². The molecule has 0 saturated carbocycles. The zero-order valence-electron chi connectivity index (χ0n) is 11.7. The number of nitrogens with zero attached hydrogens (tertiary/aromatic N) is 1. The van der Waals surface area contributed by atoms with Crippen molar-refractivity contribution in [3.05, 3.63) is 25.3 Å². The van der Waals surface area contributed by atoms with Gasteiger partial charge in [-0.2, -0.15) is 0 Å². The van der Waals surface area contributed by atoms with Crippen LogP contribution in [0.15, 0.2) is 25.3 Å². The van der Waals surface area contributed by atoms with Crippen LogP contribution in [0.3, 0.4) is 0 Å². The quantitative estimate of drug-likeness (QED) is 0.613. The molecule has 0 aliphatic rings. The molecule has 92 valence electrons. The Morgan fingerprint density at radius 3 is 1.73 bits per heavy atom. The van der Waals surface area contributed by atoms with E-state index in [0.717, 1.165) is 5.92 Å². The molecule has 0 aliphatic heterocycles. The van der Waals surface area contributed by atoms with E-state index in [2.05, 4.69) is 46.0 Å². The summed E-state index contributed by atoms with van der Waals surface area (Å²) in [6.07, 6.45) is 5.95. The maximum Gasteiger partial charge on any atom is 0.0000918 e. The first-order chi connectivity index (χ1) is 7.08. The fourth-order valence-electron chi connectivity index (χ4n) is 1.21. The third-order valence-corrected chi connectivity index (χ3v) is 1.62. The summed E-state index contributed by atoms with van der Waals surface area (Å²) in [5.74, 6) is 0.866. The molecule has 0 aromatic heterocycles. The Morgan fingerprint density at radius 2 is 1.53 bits per heavy atom. The SMILES string of the molecule is C=CC=C.CC.CCCC(C)CN(C)C. The minimum Gasteiger partial charge on any atom is -0.309 e. The van der Waals surface area contributed by atoms with Gasteiger partial charge in [-0.25, -0.2) is 0 Å². The van der Waals surface area contributed by atoms with E-state index in [0.29, 0.717) is 0 Å². The maximum atomic E-state index is 3.36. The molecule has 1 nitrogen and oxygen atoms in total. The van der Waals surface area contributed by atoms with Gasteiger partial charge in [0.05, 0.1) is 0 Å². The molecule has 1 heteroatoms. The van der Waals surface area contributed by atoms with Crippen LogP contribution < -0.4 is 0 Å². The summed E-state index contributed by atoms with van der Waals surface area (Å²) in [5, 5.41) is 0. The second kappa shape index (κ2) is 19.1. The van der Waals surface area contributed by atoms with E-state index in [1.54, 1.807) is 12.2 Å². The highest BCUT2D eigenvalue weighted by Gasteiger charge is 1.99. The summed E-state index contributed by atoms with van der Waals surface area (Å²) < 4.78 is 0. The van der Waals surface area contributed by atoms with Gasteiger partial charge in [0.1, 0.15) is 0 Å². The summed E-state index contributed by atoms with van der Waals surface area (Å²) in [4.78, 5) is 2.25. The van der Waals surface area contributed by atoms with Gasteiger partial charge in [0.25, 0.3) is 0 Å². The summed E-state index contributed by atoms with van der Waals surface area (Å²) >= 11 is 0. The fraction of sp³-hybridized carbons (Fsp3) is 0.714. The van der Waals surface area contributed by atoms with E-state index in [1.165, 1.54) is 19.4 Å². The molecule has 1 unspecified atom stereocenters. The topological polar surface area (TPSA) is 3.24 Å². The monoisotopic (exact) mass is 213 g/mol. The van der Waals surface area contributed by atoms with Crippen molar-refractivity contribution in [2.24, 2.45) is 5.92 Å². The van der Waals surface area contributed by atoms with Crippen molar-refractivity contribution in [3.63, 3.8) is 0 Å². The molecule has 0 aromatic carbocycles. The van der Waals surface area contributed by atoms with Crippen LogP contribution in [0.4, 0.5) is 0 Å². The lowest BCUT2D eigenvalue weighted by atomic mass is 10.1. The van der Waals surface area contributed by atoms with Gasteiger partial charge < -0.3 is 4.90 Å². The number of hydrogen-bond acceptors (Lipinski definition) is 1. The standard InChI is InChI=1S/C8H19N.C4H6.C2H6/c1-5-6-8(2)7-9(3)4;1-3-4-2;1-2/h8H,5-7H2,1-4H3;3-4H,1-2H2;1-2H3. The molecule has 0 spiro atoms. The van der Waals surface area contributed by atoms with Crippen LogP contribution in [-0.4, -0.2) is 25.5 Å². The molecule has 0 fully saturated rings. The Balaban J connectivity index is -0.000000202. The summed E-state index contributed by atoms with van der Waals surface area (Å²) in [6, 6.07) is 0. The molecule has 0 N–H and O–H groups in total. The van der Waals surface area contributed by atoms with Crippen LogP contribution in [0.2, 0.25) is 0 Å². The highest BCUT2D eigenvalue weighted by molar-refractivity contribution is 4.88. The predicted octanol–water partition coefficient (Wildman–Crippen LogP) is 4.37. The van der Waals surface area contributed by atoms with E-state index in [1.807, 2.05) is 13.8 Å². The van der Waals surface area contributed by atoms with E-state index >= 15 is 0 Å². The van der Waals surface area contributed by atoms with Crippen molar-refractivity contribution in [2.45, 2.75) is 40.5 Å². The van der Waals surface area contributed by atoms with Crippen molar-refractivity contribution in [3.8, 4) is 0 Å². The first-order valence-electron chi connectivity index (χ1n) is 5.96. The largest absolute Gasteiger partial charge is 0.309 e. The molecule has 0 saturated heterocycles. The molecule has 0 rings (SSSR count). The average Bonchev–Trinajstić information content (AvgIpc) is 2.20. The molecule has 0 heterocycles. The van der Waals surface area contributed by atoms with Gasteiger partial charge in [0, 0.05) is 6.54 Å². The van der Waals surface area contributed by atoms with Gasteiger partial charge in [-0.3, -0.25) is 0 Å². The number of allylic oxidation sites excluding steroid dienone is 2. The molecular formula is C14H31N. The highest BCUT2D eigenvalue weighted by atomic mass is 15.1. The summed E-state index contributed by atoms with van der Waals surface area (Å²) in [5.41, 5.74) is 0. The van der Waals surface area contributed by atoms with E-state index in [4.69, 9.17) is 0 Å². The van der Waals surface area contributed by atoms with Gasteiger partial charge in [0.2, 0.25) is 0 Å². The molecule has 0 bridgehead atoms. The lowest BCUT2D eigenvalue weighted by Crippen LogP contribution is -2.19.